The van der Waals surface area contributed by atoms with Crippen LogP contribution in [0.2, 0.25) is 0 Å². The van der Waals surface area contributed by atoms with Crippen LogP contribution >= 0.6 is 0 Å². The van der Waals surface area contributed by atoms with E-state index in [1.807, 2.05) is 30.3 Å². The Morgan fingerprint density at radius 1 is 1.08 bits per heavy atom. The first-order chi connectivity index (χ1) is 12.6. The average Bonchev–Trinajstić information content (AvgIpc) is 2.67. The summed E-state index contributed by atoms with van der Waals surface area (Å²) in [4.78, 5) is 25.5. The number of nitrogens with zero attached hydrogens (tertiary/aromatic N) is 2. The highest BCUT2D eigenvalue weighted by Gasteiger charge is 2.16. The fourth-order valence-corrected chi connectivity index (χ4v) is 2.92. The highest BCUT2D eigenvalue weighted by atomic mass is 16.2. The second kappa shape index (κ2) is 7.95. The number of aryl methyl sites for hydroxylation is 2. The van der Waals surface area contributed by atoms with E-state index < -0.39 is 0 Å². The van der Waals surface area contributed by atoms with Crippen LogP contribution in [-0.2, 0) is 13.0 Å². The standard InChI is InChI=1S/C21H23N3O2/c1-3-5-13-24-21(26)18-12-7-6-11-17(18)19(23-24)20(25)22-16-10-8-9-15(4-2)14-16/h6-12,14H,3-5,13H2,1-2H3,(H,22,25). The lowest BCUT2D eigenvalue weighted by molar-refractivity contribution is 0.102. The Kier molecular flexibility index (Phi) is 5.46. The molecule has 0 fully saturated rings. The Morgan fingerprint density at radius 2 is 1.85 bits per heavy atom. The minimum absolute atomic E-state index is 0.154. The van der Waals surface area contributed by atoms with Gasteiger partial charge < -0.3 is 5.32 Å². The van der Waals surface area contributed by atoms with Gasteiger partial charge in [0.15, 0.2) is 5.69 Å². The average molecular weight is 349 g/mol. The minimum Gasteiger partial charge on any atom is -0.321 e. The fraction of sp³-hybridized carbons (Fsp3) is 0.286. The van der Waals surface area contributed by atoms with E-state index in [0.29, 0.717) is 17.3 Å². The molecule has 0 unspecified atom stereocenters. The highest BCUT2D eigenvalue weighted by Crippen LogP contribution is 2.17. The van der Waals surface area contributed by atoms with E-state index in [4.69, 9.17) is 0 Å². The Labute approximate surface area is 152 Å². The molecule has 134 valence electrons. The molecule has 5 heteroatoms. The van der Waals surface area contributed by atoms with Gasteiger partial charge in [-0.05, 0) is 36.6 Å². The van der Waals surface area contributed by atoms with Crippen LogP contribution in [0.4, 0.5) is 5.69 Å². The number of hydrogen-bond acceptors (Lipinski definition) is 3. The molecule has 26 heavy (non-hydrogen) atoms. The summed E-state index contributed by atoms with van der Waals surface area (Å²) in [5.41, 5.74) is 2.00. The van der Waals surface area contributed by atoms with Gasteiger partial charge in [-0.2, -0.15) is 5.10 Å². The van der Waals surface area contributed by atoms with Gasteiger partial charge in [0.1, 0.15) is 0 Å². The third kappa shape index (κ3) is 3.67. The van der Waals surface area contributed by atoms with Crippen LogP contribution in [0.25, 0.3) is 10.8 Å². The van der Waals surface area contributed by atoms with Gasteiger partial charge in [-0.1, -0.05) is 50.6 Å². The second-order valence-electron chi connectivity index (χ2n) is 6.28. The minimum atomic E-state index is -0.306. The molecule has 0 saturated carbocycles. The first kappa shape index (κ1) is 17.9. The van der Waals surface area contributed by atoms with Crippen molar-refractivity contribution in [3.8, 4) is 0 Å². The van der Waals surface area contributed by atoms with Crippen LogP contribution < -0.4 is 10.9 Å². The monoisotopic (exact) mass is 349 g/mol. The SMILES string of the molecule is CCCCn1nc(C(=O)Nc2cccc(CC)c2)c2ccccc2c1=O. The van der Waals surface area contributed by atoms with E-state index in [-0.39, 0.29) is 17.2 Å². The molecule has 1 N–H and O–H groups in total. The zero-order valence-electron chi connectivity index (χ0n) is 15.2. The highest BCUT2D eigenvalue weighted by molar-refractivity contribution is 6.11. The van der Waals surface area contributed by atoms with Gasteiger partial charge >= 0.3 is 0 Å². The molecule has 1 aromatic heterocycles. The number of fused-ring (bicyclic) bond motifs is 1. The maximum atomic E-state index is 12.9. The number of unbranched alkanes of at least 4 members (excludes halogenated alkanes) is 1. The van der Waals surface area contributed by atoms with E-state index >= 15 is 0 Å². The quantitative estimate of drug-likeness (QED) is 0.731. The summed E-state index contributed by atoms with van der Waals surface area (Å²) >= 11 is 0. The predicted octanol–water partition coefficient (Wildman–Crippen LogP) is 4.01. The number of amides is 1. The van der Waals surface area contributed by atoms with E-state index in [2.05, 4.69) is 24.3 Å². The smallest absolute Gasteiger partial charge is 0.276 e. The lowest BCUT2D eigenvalue weighted by Crippen LogP contribution is -2.27. The first-order valence-corrected chi connectivity index (χ1v) is 9.04. The molecule has 1 heterocycles. The Balaban J connectivity index is 2.03. The van der Waals surface area contributed by atoms with Gasteiger partial charge in [0.05, 0.1) is 5.39 Å². The van der Waals surface area contributed by atoms with Crippen molar-refractivity contribution in [1.29, 1.82) is 0 Å². The molecule has 0 spiro atoms. The zero-order valence-corrected chi connectivity index (χ0v) is 15.2. The molecule has 3 aromatic rings. The summed E-state index contributed by atoms with van der Waals surface area (Å²) in [6.07, 6.45) is 2.68. The van der Waals surface area contributed by atoms with Crippen LogP contribution in [0.1, 0.15) is 42.7 Å². The molecule has 3 rings (SSSR count). The summed E-state index contributed by atoms with van der Waals surface area (Å²) in [5, 5.41) is 8.38. The van der Waals surface area contributed by atoms with Crippen molar-refractivity contribution >= 4 is 22.4 Å². The van der Waals surface area contributed by atoms with Crippen molar-refractivity contribution < 1.29 is 4.79 Å². The normalized spacial score (nSPS) is 10.8. The molecule has 0 bridgehead atoms. The van der Waals surface area contributed by atoms with Gasteiger partial charge in [-0.3, -0.25) is 9.59 Å². The summed E-state index contributed by atoms with van der Waals surface area (Å²) < 4.78 is 1.41. The van der Waals surface area contributed by atoms with Crippen LogP contribution in [0.3, 0.4) is 0 Å². The van der Waals surface area contributed by atoms with Crippen molar-refractivity contribution in [3.05, 3.63) is 70.1 Å². The van der Waals surface area contributed by atoms with E-state index in [1.165, 1.54) is 4.68 Å². The molecule has 2 aromatic carbocycles. The summed E-state index contributed by atoms with van der Waals surface area (Å²) in [5.74, 6) is -0.306. The number of aromatic nitrogens is 2. The summed E-state index contributed by atoms with van der Waals surface area (Å²) in [7, 11) is 0. The van der Waals surface area contributed by atoms with Crippen LogP contribution in [-0.4, -0.2) is 15.7 Å². The van der Waals surface area contributed by atoms with Crippen LogP contribution in [0, 0.1) is 0 Å². The predicted molar refractivity (Wildman–Crippen MR) is 105 cm³/mol. The van der Waals surface area contributed by atoms with Crippen LogP contribution in [0.5, 0.6) is 0 Å². The number of hydrogen-bond donors (Lipinski definition) is 1. The van der Waals surface area contributed by atoms with E-state index in [1.54, 1.807) is 18.2 Å². The largest absolute Gasteiger partial charge is 0.321 e. The zero-order chi connectivity index (χ0) is 18.5. The maximum absolute atomic E-state index is 12.9. The molecule has 1 amide bonds. The molecule has 0 aliphatic carbocycles. The molecule has 0 radical (unpaired) electrons. The fourth-order valence-electron chi connectivity index (χ4n) is 2.92. The Morgan fingerprint density at radius 3 is 2.58 bits per heavy atom. The lowest BCUT2D eigenvalue weighted by Gasteiger charge is -2.11. The lowest BCUT2D eigenvalue weighted by atomic mass is 10.1. The third-order valence-electron chi connectivity index (χ3n) is 4.40. The second-order valence-corrected chi connectivity index (χ2v) is 6.28. The molecule has 0 saturated heterocycles. The van der Waals surface area contributed by atoms with Gasteiger partial charge in [-0.25, -0.2) is 4.68 Å². The Bertz CT molecular complexity index is 992. The molecular formula is C21H23N3O2. The summed E-state index contributed by atoms with van der Waals surface area (Å²) in [6.45, 7) is 4.63. The van der Waals surface area contributed by atoms with Gasteiger partial charge in [0, 0.05) is 17.6 Å². The third-order valence-corrected chi connectivity index (χ3v) is 4.40. The van der Waals surface area contributed by atoms with Gasteiger partial charge in [0.25, 0.3) is 11.5 Å². The van der Waals surface area contributed by atoms with Crippen molar-refractivity contribution in [2.75, 3.05) is 5.32 Å². The van der Waals surface area contributed by atoms with Crippen molar-refractivity contribution in [1.82, 2.24) is 9.78 Å². The number of carbonyl (C=O) groups is 1. The topological polar surface area (TPSA) is 64.0 Å². The van der Waals surface area contributed by atoms with Gasteiger partial charge in [0.2, 0.25) is 0 Å². The number of anilines is 1. The van der Waals surface area contributed by atoms with Crippen molar-refractivity contribution in [2.24, 2.45) is 0 Å². The summed E-state index contributed by atoms with van der Waals surface area (Å²) in [6, 6.07) is 14.9. The van der Waals surface area contributed by atoms with Gasteiger partial charge in [-0.15, -0.1) is 0 Å². The number of carbonyl (C=O) groups excluding carboxylic acids is 1. The van der Waals surface area contributed by atoms with Crippen LogP contribution in [0.15, 0.2) is 53.3 Å². The first-order valence-electron chi connectivity index (χ1n) is 9.04. The molecular weight excluding hydrogens is 326 g/mol. The molecule has 0 atom stereocenters. The number of benzene rings is 2. The maximum Gasteiger partial charge on any atom is 0.276 e. The van der Waals surface area contributed by atoms with Crippen molar-refractivity contribution in [2.45, 2.75) is 39.7 Å². The molecule has 0 aliphatic rings. The van der Waals surface area contributed by atoms with Crippen molar-refractivity contribution in [3.63, 3.8) is 0 Å². The molecule has 0 aliphatic heterocycles. The number of nitrogens with one attached hydrogen (secondary N) is 1. The molecule has 5 nitrogen and oxygen atoms in total. The Hall–Kier alpha value is -2.95. The van der Waals surface area contributed by atoms with E-state index in [9.17, 15) is 9.59 Å². The van der Waals surface area contributed by atoms with E-state index in [0.717, 1.165) is 30.5 Å². The number of rotatable bonds is 6.